The van der Waals surface area contributed by atoms with Crippen molar-refractivity contribution in [2.75, 3.05) is 33.1 Å². The standard InChI is InChI=1S/C28H37N2O5S.C23H32N2O3S/c1-6-8-16-28(17-9-7-2)24(32)30(22-15-14-21(31)18-23(22)36-25(28)33)20-12-10-19(11-13-20)29-26(34)35-27(3,4)5;1-3-5-13-23(14-6-4-2)16-25(19-9-7-18(24)8-10-19)21-12-11-20(26)15-22(21)29(27,28)17-23/h10-15,18,31,36H,6-9,16-17H2,1-5H3,(H,29,34);7-12,15,26H,3-6,13-14,16-17,24H2,1-2H3. The zero-order chi connectivity index (χ0) is 47.6. The second-order valence-corrected chi connectivity index (χ2v) is 21.6. The number of carbonyl (C=O) groups is 3. The number of carbonyl (C=O) groups excluding carboxylic acids is 3. The van der Waals surface area contributed by atoms with E-state index >= 15 is 0 Å². The van der Waals surface area contributed by atoms with Crippen molar-refractivity contribution in [2.24, 2.45) is 10.8 Å². The Morgan fingerprint density at radius 2 is 1.28 bits per heavy atom. The van der Waals surface area contributed by atoms with E-state index in [2.05, 4.69) is 37.9 Å². The predicted octanol–water partition coefficient (Wildman–Crippen LogP) is 12.4. The molecule has 0 saturated carbocycles. The van der Waals surface area contributed by atoms with Crippen LogP contribution in [0.25, 0.3) is 0 Å². The van der Waals surface area contributed by atoms with Crippen LogP contribution in [0.3, 0.4) is 0 Å². The number of fused-ring (bicyclic) bond motifs is 2. The molecular weight excluding hydrogens is 861 g/mol. The number of hydrogen-bond donors (Lipinski definition) is 5. The Balaban J connectivity index is 0.000000250. The van der Waals surface area contributed by atoms with E-state index < -0.39 is 26.9 Å². The summed E-state index contributed by atoms with van der Waals surface area (Å²) >= 11 is 0.410. The summed E-state index contributed by atoms with van der Waals surface area (Å²) in [7, 11) is -3.54. The highest BCUT2D eigenvalue weighted by molar-refractivity contribution is 8.14. The van der Waals surface area contributed by atoms with Crippen LogP contribution in [0.4, 0.5) is 38.9 Å². The number of thiol groups is 1. The van der Waals surface area contributed by atoms with E-state index in [4.69, 9.17) is 10.5 Å². The van der Waals surface area contributed by atoms with Gasteiger partial charge in [0.25, 0.3) is 0 Å². The lowest BCUT2D eigenvalue weighted by molar-refractivity contribution is -0.136. The number of amides is 2. The summed E-state index contributed by atoms with van der Waals surface area (Å²) in [5, 5.41) is 22.7. The Morgan fingerprint density at radius 3 is 1.83 bits per heavy atom. The van der Waals surface area contributed by atoms with Crippen LogP contribution in [-0.2, 0) is 24.2 Å². The van der Waals surface area contributed by atoms with E-state index in [1.165, 1.54) is 12.1 Å². The zero-order valence-electron chi connectivity index (χ0n) is 39.2. The Labute approximate surface area is 390 Å². The van der Waals surface area contributed by atoms with Gasteiger partial charge in [0.2, 0.25) is 5.91 Å². The van der Waals surface area contributed by atoms with Crippen LogP contribution in [0.2, 0.25) is 0 Å². The van der Waals surface area contributed by atoms with E-state index in [-0.39, 0.29) is 38.6 Å². The molecule has 6 rings (SSSR count). The fourth-order valence-electron chi connectivity index (χ4n) is 8.64. The number of phenols is 2. The van der Waals surface area contributed by atoms with Crippen molar-refractivity contribution in [3.63, 3.8) is 0 Å². The fraction of sp³-hybridized carbons (Fsp3) is 0.471. The number of unbranched alkanes of at least 4 members (excludes halogenated alkanes) is 4. The third-order valence-corrected chi connectivity index (χ3v) is 15.2. The number of sulfone groups is 1. The van der Waals surface area contributed by atoms with Crippen LogP contribution in [-0.4, -0.2) is 53.6 Å². The maximum absolute atomic E-state index is 14.3. The first-order valence-corrected chi connectivity index (χ1v) is 25.6. The number of nitrogens with two attached hydrogens (primary N) is 1. The van der Waals surface area contributed by atoms with Crippen molar-refractivity contribution in [2.45, 2.75) is 141 Å². The number of hydrogen-bond acceptors (Lipinski definition) is 10. The highest BCUT2D eigenvalue weighted by Gasteiger charge is 2.50. The number of aromatic hydroxyl groups is 2. The average molecular weight is 930 g/mol. The van der Waals surface area contributed by atoms with E-state index in [9.17, 15) is 33.0 Å². The highest BCUT2D eigenvalue weighted by atomic mass is 32.2. The SMILES string of the molecule is CCCCC1(CCCC)C(=O)[SH]c2cc(O)ccc2N(c2ccc(NC(=O)OC(C)(C)C)cc2)C1=O.CCCCC1(CCCC)CN(c2ccc(N)cc2)c2ccc(O)cc2S(=O)(=O)C1. The minimum atomic E-state index is -3.54. The van der Waals surface area contributed by atoms with E-state index in [1.54, 1.807) is 74.2 Å². The molecule has 0 fully saturated rings. The third-order valence-electron chi connectivity index (χ3n) is 12.0. The monoisotopic (exact) mass is 929 g/mol. The molecule has 0 unspecified atom stereocenters. The van der Waals surface area contributed by atoms with Gasteiger partial charge in [-0.3, -0.25) is 19.8 Å². The van der Waals surface area contributed by atoms with Gasteiger partial charge in [0.1, 0.15) is 22.5 Å². The summed E-state index contributed by atoms with van der Waals surface area (Å²) in [6.45, 7) is 14.4. The second-order valence-electron chi connectivity index (χ2n) is 18.5. The van der Waals surface area contributed by atoms with Gasteiger partial charge in [0, 0.05) is 45.7 Å². The lowest BCUT2D eigenvalue weighted by Gasteiger charge is -2.37. The Morgan fingerprint density at radius 1 is 0.754 bits per heavy atom. The molecule has 0 bridgehead atoms. The van der Waals surface area contributed by atoms with E-state index in [1.807, 2.05) is 24.3 Å². The molecule has 4 aromatic carbocycles. The first-order chi connectivity index (χ1) is 30.8. The summed E-state index contributed by atoms with van der Waals surface area (Å²) in [6.07, 6.45) is 9.50. The van der Waals surface area contributed by atoms with Gasteiger partial charge in [0.05, 0.1) is 22.0 Å². The van der Waals surface area contributed by atoms with Crippen LogP contribution in [0.1, 0.15) is 126 Å². The van der Waals surface area contributed by atoms with Crippen LogP contribution in [0.15, 0.2) is 94.7 Å². The van der Waals surface area contributed by atoms with Gasteiger partial charge in [-0.2, -0.15) is 0 Å². The molecule has 14 heteroatoms. The minimum Gasteiger partial charge on any atom is -0.508 e. The van der Waals surface area contributed by atoms with Gasteiger partial charge in [-0.15, -0.1) is 11.8 Å². The van der Waals surface area contributed by atoms with Crippen LogP contribution in [0, 0.1) is 10.8 Å². The summed E-state index contributed by atoms with van der Waals surface area (Å²) in [6, 6.07) is 23.9. The van der Waals surface area contributed by atoms with Gasteiger partial charge < -0.3 is 25.6 Å². The molecule has 5 N–H and O–H groups in total. The van der Waals surface area contributed by atoms with Crippen molar-refractivity contribution >= 4 is 72.8 Å². The van der Waals surface area contributed by atoms with Gasteiger partial charge in [0.15, 0.2) is 15.0 Å². The molecule has 0 aromatic heterocycles. The number of ether oxygens (including phenoxy) is 1. The predicted molar refractivity (Wildman–Crippen MR) is 265 cm³/mol. The second kappa shape index (κ2) is 21.9. The molecule has 0 saturated heterocycles. The number of nitrogens with one attached hydrogen (secondary N) is 1. The number of benzene rings is 4. The van der Waals surface area contributed by atoms with Crippen LogP contribution in [0.5, 0.6) is 11.5 Å². The number of nitrogen functional groups attached to an aromatic ring is 1. The molecular formula is C51H69N4O8S2. The van der Waals surface area contributed by atoms with Crippen LogP contribution >= 0.6 is 11.8 Å². The topological polar surface area (TPSA) is 180 Å². The zero-order valence-corrected chi connectivity index (χ0v) is 40.9. The fourth-order valence-corrected chi connectivity index (χ4v) is 12.0. The number of rotatable bonds is 15. The summed E-state index contributed by atoms with van der Waals surface area (Å²) in [5.41, 5.74) is 7.71. The number of nitrogens with zero attached hydrogens (tertiary/aromatic N) is 2. The largest absolute Gasteiger partial charge is 0.508 e. The Hall–Kier alpha value is -5.21. The molecule has 2 amide bonds. The summed E-state index contributed by atoms with van der Waals surface area (Å²) in [4.78, 5) is 44.7. The molecule has 2 aliphatic rings. The maximum Gasteiger partial charge on any atom is 0.412 e. The minimum absolute atomic E-state index is 0.0285. The smallest absolute Gasteiger partial charge is 0.412 e. The van der Waals surface area contributed by atoms with Crippen molar-refractivity contribution in [3.05, 3.63) is 84.9 Å². The van der Waals surface area contributed by atoms with Crippen molar-refractivity contribution < 1.29 is 37.8 Å². The molecule has 65 heavy (non-hydrogen) atoms. The normalized spacial score (nSPS) is 16.3. The molecule has 2 aliphatic heterocycles. The average Bonchev–Trinajstić information content (AvgIpc) is 3.40. The van der Waals surface area contributed by atoms with Gasteiger partial charge >= 0.3 is 6.09 Å². The quantitative estimate of drug-likeness (QED) is 0.0437. The molecule has 0 atom stereocenters. The number of anilines is 6. The third kappa shape index (κ3) is 12.6. The first-order valence-electron chi connectivity index (χ1n) is 23.0. The van der Waals surface area contributed by atoms with Crippen LogP contribution < -0.4 is 20.9 Å². The molecule has 353 valence electrons. The maximum atomic E-state index is 14.3. The van der Waals surface area contributed by atoms with Crippen molar-refractivity contribution in [1.82, 2.24) is 0 Å². The molecule has 0 aliphatic carbocycles. The molecule has 12 nitrogen and oxygen atoms in total. The number of phenolic OH excluding ortho intramolecular Hbond substituents is 2. The highest BCUT2D eigenvalue weighted by Crippen LogP contribution is 2.50. The van der Waals surface area contributed by atoms with E-state index in [0.717, 1.165) is 69.9 Å². The molecule has 4 aromatic rings. The lowest BCUT2D eigenvalue weighted by atomic mass is 9.77. The Bertz CT molecular complexity index is 2360. The Kier molecular flexibility index (Phi) is 17.1. The molecule has 2 heterocycles. The lowest BCUT2D eigenvalue weighted by Crippen LogP contribution is -2.45. The van der Waals surface area contributed by atoms with Crippen molar-refractivity contribution in [3.8, 4) is 11.5 Å². The van der Waals surface area contributed by atoms with Gasteiger partial charge in [-0.1, -0.05) is 79.1 Å². The first kappa shape index (κ1) is 50.8. The van der Waals surface area contributed by atoms with E-state index in [0.29, 0.717) is 64.5 Å². The summed E-state index contributed by atoms with van der Waals surface area (Å²) in [5.74, 6) is -0.103. The molecule has 1 radical (unpaired) electrons. The van der Waals surface area contributed by atoms with Gasteiger partial charge in [-0.05, 0) is 125 Å². The molecule has 0 spiro atoms. The van der Waals surface area contributed by atoms with Gasteiger partial charge in [-0.25, -0.2) is 13.2 Å². The summed E-state index contributed by atoms with van der Waals surface area (Å²) < 4.78 is 32.2. The van der Waals surface area contributed by atoms with Crippen molar-refractivity contribution in [1.29, 1.82) is 0 Å².